The molecule has 1 unspecified atom stereocenters. The van der Waals surface area contributed by atoms with E-state index in [2.05, 4.69) is 15.1 Å². The molecule has 1 saturated heterocycles. The van der Waals surface area contributed by atoms with E-state index in [1.807, 2.05) is 4.90 Å². The number of carbonyl (C=O) groups is 1. The molecule has 0 bridgehead atoms. The van der Waals surface area contributed by atoms with Gasteiger partial charge in [0.15, 0.2) is 5.69 Å². The molecule has 3 rings (SSSR count). The Morgan fingerprint density at radius 1 is 1.52 bits per heavy atom. The highest BCUT2D eigenvalue weighted by atomic mass is 16.5. The highest BCUT2D eigenvalue weighted by molar-refractivity contribution is 5.92. The Morgan fingerprint density at radius 3 is 3.00 bits per heavy atom. The van der Waals surface area contributed by atoms with E-state index in [9.17, 15) is 9.90 Å². The average Bonchev–Trinajstić information content (AvgIpc) is 3.14. The number of hydrogen-bond donors (Lipinski definition) is 1. The molecule has 2 aromatic heterocycles. The predicted molar refractivity (Wildman–Crippen MR) is 82.0 cm³/mol. The number of anilines is 1. The molecule has 1 atom stereocenters. The van der Waals surface area contributed by atoms with Gasteiger partial charge >= 0.3 is 0 Å². The van der Waals surface area contributed by atoms with Crippen LogP contribution in [0.4, 0.5) is 5.82 Å². The van der Waals surface area contributed by atoms with E-state index < -0.39 is 5.60 Å². The summed E-state index contributed by atoms with van der Waals surface area (Å²) in [5.74, 6) is 1.04. The van der Waals surface area contributed by atoms with Crippen LogP contribution in [0.2, 0.25) is 0 Å². The molecule has 8 heteroatoms. The Kier molecular flexibility index (Phi) is 3.99. The lowest BCUT2D eigenvalue weighted by Crippen LogP contribution is -2.46. The molecule has 1 aliphatic rings. The third-order valence-electron chi connectivity index (χ3n) is 3.93. The van der Waals surface area contributed by atoms with Gasteiger partial charge in [-0.05, 0) is 13.3 Å². The van der Waals surface area contributed by atoms with Crippen molar-refractivity contribution in [2.24, 2.45) is 0 Å². The molecular weight excluding hydrogens is 298 g/mol. The van der Waals surface area contributed by atoms with Gasteiger partial charge in [0.05, 0.1) is 12.7 Å². The summed E-state index contributed by atoms with van der Waals surface area (Å²) in [7, 11) is 1.65. The number of rotatable bonds is 4. The summed E-state index contributed by atoms with van der Waals surface area (Å²) >= 11 is 0. The van der Waals surface area contributed by atoms with Crippen LogP contribution >= 0.6 is 0 Å². The number of carbonyl (C=O) groups excluding carboxylic acids is 1. The molecule has 0 radical (unpaired) electrons. The van der Waals surface area contributed by atoms with Crippen molar-refractivity contribution < 1.29 is 14.4 Å². The number of nitrogens with zero attached hydrogens (tertiary/aromatic N) is 5. The first-order valence-corrected chi connectivity index (χ1v) is 7.39. The van der Waals surface area contributed by atoms with Crippen LogP contribution in [-0.4, -0.2) is 63.3 Å². The minimum absolute atomic E-state index is 0.217. The van der Waals surface area contributed by atoms with E-state index in [4.69, 9.17) is 4.52 Å². The third-order valence-corrected chi connectivity index (χ3v) is 3.93. The van der Waals surface area contributed by atoms with Crippen LogP contribution in [0.1, 0.15) is 22.7 Å². The van der Waals surface area contributed by atoms with Crippen molar-refractivity contribution in [2.75, 3.05) is 31.6 Å². The minimum Gasteiger partial charge on any atom is -0.386 e. The second-order valence-corrected chi connectivity index (χ2v) is 5.94. The largest absolute Gasteiger partial charge is 0.386 e. The fourth-order valence-electron chi connectivity index (χ4n) is 2.81. The molecule has 3 heterocycles. The van der Waals surface area contributed by atoms with E-state index in [-0.39, 0.29) is 18.1 Å². The zero-order valence-electron chi connectivity index (χ0n) is 13.1. The Morgan fingerprint density at radius 2 is 2.35 bits per heavy atom. The van der Waals surface area contributed by atoms with Crippen LogP contribution in [0.15, 0.2) is 29.2 Å². The lowest BCUT2D eigenvalue weighted by Gasteiger charge is -2.28. The van der Waals surface area contributed by atoms with E-state index in [0.29, 0.717) is 25.3 Å². The Balaban J connectivity index is 1.64. The lowest BCUT2D eigenvalue weighted by atomic mass is 10.0. The predicted octanol–water partition coefficient (Wildman–Crippen LogP) is 0.486. The topological polar surface area (TPSA) is 95.6 Å². The van der Waals surface area contributed by atoms with Crippen LogP contribution in [0, 0.1) is 6.92 Å². The first-order chi connectivity index (χ1) is 11.0. The first-order valence-electron chi connectivity index (χ1n) is 7.39. The lowest BCUT2D eigenvalue weighted by molar-refractivity contribution is 0.0260. The maximum absolute atomic E-state index is 12.3. The number of aromatic nitrogens is 3. The van der Waals surface area contributed by atoms with E-state index in [0.717, 1.165) is 5.82 Å². The van der Waals surface area contributed by atoms with Crippen molar-refractivity contribution in [3.63, 3.8) is 0 Å². The number of aliphatic hydroxyl groups is 1. The molecule has 1 aliphatic heterocycles. The number of amides is 1. The van der Waals surface area contributed by atoms with Crippen molar-refractivity contribution in [3.8, 4) is 0 Å². The highest BCUT2D eigenvalue weighted by Crippen LogP contribution is 2.26. The SMILES string of the molecule is Cc1cc(C(=O)N(C)CC2(O)CCN(c3cnccn3)C2)no1. The monoisotopic (exact) mass is 317 g/mol. The van der Waals surface area contributed by atoms with Gasteiger partial charge in [0, 0.05) is 38.6 Å². The summed E-state index contributed by atoms with van der Waals surface area (Å²) in [6, 6.07) is 1.59. The smallest absolute Gasteiger partial charge is 0.275 e. The first kappa shape index (κ1) is 15.4. The van der Waals surface area contributed by atoms with Gasteiger partial charge in [-0.3, -0.25) is 9.78 Å². The van der Waals surface area contributed by atoms with Gasteiger partial charge in [0.25, 0.3) is 5.91 Å². The van der Waals surface area contributed by atoms with Gasteiger partial charge in [-0.1, -0.05) is 5.16 Å². The maximum atomic E-state index is 12.3. The van der Waals surface area contributed by atoms with Crippen LogP contribution in [0.25, 0.3) is 0 Å². The fourth-order valence-corrected chi connectivity index (χ4v) is 2.81. The maximum Gasteiger partial charge on any atom is 0.275 e. The van der Waals surface area contributed by atoms with Gasteiger partial charge < -0.3 is 19.4 Å². The number of likely N-dealkylation sites (N-methyl/N-ethyl adjacent to an activating group) is 1. The molecule has 0 aromatic carbocycles. The van der Waals surface area contributed by atoms with E-state index in [1.165, 1.54) is 4.90 Å². The van der Waals surface area contributed by atoms with Crippen molar-refractivity contribution in [1.29, 1.82) is 0 Å². The Hall–Kier alpha value is -2.48. The molecule has 0 saturated carbocycles. The van der Waals surface area contributed by atoms with Gasteiger partial charge in [-0.15, -0.1) is 0 Å². The van der Waals surface area contributed by atoms with Gasteiger partial charge in [0.1, 0.15) is 17.2 Å². The Labute approximate surface area is 133 Å². The molecular formula is C15H19N5O3. The average molecular weight is 317 g/mol. The van der Waals surface area contributed by atoms with Crippen LogP contribution in [0.5, 0.6) is 0 Å². The number of hydrogen-bond acceptors (Lipinski definition) is 7. The summed E-state index contributed by atoms with van der Waals surface area (Å²) in [6.07, 6.45) is 5.45. The third kappa shape index (κ3) is 3.31. The molecule has 122 valence electrons. The molecule has 0 spiro atoms. The fraction of sp³-hybridized carbons (Fsp3) is 0.467. The quantitative estimate of drug-likeness (QED) is 0.876. The van der Waals surface area contributed by atoms with Crippen LogP contribution in [0.3, 0.4) is 0 Å². The standard InChI is InChI=1S/C15H19N5O3/c1-11-7-12(18-23-11)14(21)19(2)9-15(22)3-6-20(10-15)13-8-16-4-5-17-13/h4-5,7-8,22H,3,6,9-10H2,1-2H3. The van der Waals surface area contributed by atoms with Gasteiger partial charge in [0.2, 0.25) is 0 Å². The summed E-state index contributed by atoms with van der Waals surface area (Å²) in [5, 5.41) is 14.5. The van der Waals surface area contributed by atoms with Crippen molar-refractivity contribution in [3.05, 3.63) is 36.1 Å². The zero-order chi connectivity index (χ0) is 16.4. The molecule has 23 heavy (non-hydrogen) atoms. The normalized spacial score (nSPS) is 20.7. The van der Waals surface area contributed by atoms with Crippen molar-refractivity contribution in [1.82, 2.24) is 20.0 Å². The molecule has 0 aliphatic carbocycles. The van der Waals surface area contributed by atoms with Crippen molar-refractivity contribution in [2.45, 2.75) is 18.9 Å². The number of aryl methyl sites for hydroxylation is 1. The van der Waals surface area contributed by atoms with Crippen molar-refractivity contribution >= 4 is 11.7 Å². The summed E-state index contributed by atoms with van der Waals surface area (Å²) in [4.78, 5) is 24.0. The van der Waals surface area contributed by atoms with Gasteiger partial charge in [-0.25, -0.2) is 4.98 Å². The molecule has 1 N–H and O–H groups in total. The van der Waals surface area contributed by atoms with Gasteiger partial charge in [-0.2, -0.15) is 0 Å². The summed E-state index contributed by atoms with van der Waals surface area (Å²) in [6.45, 7) is 3.02. The summed E-state index contributed by atoms with van der Waals surface area (Å²) in [5.41, 5.74) is -0.738. The molecule has 1 amide bonds. The second kappa shape index (κ2) is 5.96. The Bertz CT molecular complexity index is 689. The minimum atomic E-state index is -0.985. The summed E-state index contributed by atoms with van der Waals surface area (Å²) < 4.78 is 4.92. The highest BCUT2D eigenvalue weighted by Gasteiger charge is 2.38. The molecule has 2 aromatic rings. The van der Waals surface area contributed by atoms with Crippen LogP contribution in [-0.2, 0) is 0 Å². The zero-order valence-corrected chi connectivity index (χ0v) is 13.1. The molecule has 8 nitrogen and oxygen atoms in total. The molecule has 1 fully saturated rings. The van der Waals surface area contributed by atoms with E-state index in [1.54, 1.807) is 38.6 Å². The van der Waals surface area contributed by atoms with E-state index >= 15 is 0 Å². The number of β-amino-alcohol motifs (C(OH)–C–C–N with tert-alkyl or cyclic N) is 1. The second-order valence-electron chi connectivity index (χ2n) is 5.94. The van der Waals surface area contributed by atoms with Crippen LogP contribution < -0.4 is 4.90 Å².